The normalized spacial score (nSPS) is 47.9. The van der Waals surface area contributed by atoms with E-state index < -0.39 is 28.8 Å². The summed E-state index contributed by atoms with van der Waals surface area (Å²) < 4.78 is 12.7. The van der Waals surface area contributed by atoms with Crippen LogP contribution >= 0.6 is 0 Å². The first-order chi connectivity index (χ1) is 15.0. The third-order valence-corrected chi connectivity index (χ3v) is 9.37. The van der Waals surface area contributed by atoms with E-state index in [0.29, 0.717) is 18.6 Å². The van der Waals surface area contributed by atoms with Gasteiger partial charge >= 0.3 is 0 Å². The maximum absolute atomic E-state index is 13.9. The fraction of sp³-hybridized carbons (Fsp3) is 0.760. The van der Waals surface area contributed by atoms with E-state index in [1.165, 1.54) is 4.90 Å². The van der Waals surface area contributed by atoms with Crippen molar-refractivity contribution in [3.63, 3.8) is 0 Å². The van der Waals surface area contributed by atoms with E-state index in [-0.39, 0.29) is 47.9 Å². The van der Waals surface area contributed by atoms with Crippen LogP contribution in [0.2, 0.25) is 0 Å². The number of carbonyl (C=O) groups is 2. The molecule has 6 aliphatic rings. The van der Waals surface area contributed by atoms with Gasteiger partial charge in [0, 0.05) is 31.3 Å². The van der Waals surface area contributed by atoms with Crippen molar-refractivity contribution in [2.45, 2.75) is 57.5 Å². The molecule has 2 spiro atoms. The van der Waals surface area contributed by atoms with Crippen molar-refractivity contribution in [3.05, 3.63) is 24.3 Å². The molecular weight excluding hydrogens is 410 g/mol. The molecule has 6 rings (SSSR count). The second-order valence-corrected chi connectivity index (χ2v) is 11.4. The Bertz CT molecular complexity index is 910. The number of ketones is 1. The largest absolute Gasteiger partial charge is 0.391 e. The van der Waals surface area contributed by atoms with Crippen LogP contribution in [0, 0.1) is 34.0 Å². The van der Waals surface area contributed by atoms with Crippen molar-refractivity contribution in [2.75, 3.05) is 27.3 Å². The Labute approximate surface area is 189 Å². The molecule has 3 saturated carbocycles. The molecule has 32 heavy (non-hydrogen) atoms. The molecule has 7 nitrogen and oxygen atoms in total. The number of ether oxygens (including phenoxy) is 2. The Morgan fingerprint density at radius 2 is 2.00 bits per heavy atom. The summed E-state index contributed by atoms with van der Waals surface area (Å²) in [6, 6.07) is 0. The van der Waals surface area contributed by atoms with Gasteiger partial charge in [0.25, 0.3) is 0 Å². The molecule has 0 aromatic heterocycles. The summed E-state index contributed by atoms with van der Waals surface area (Å²) in [5, 5.41) is 23.6. The van der Waals surface area contributed by atoms with Crippen LogP contribution in [0.3, 0.4) is 0 Å². The minimum atomic E-state index is -1.70. The van der Waals surface area contributed by atoms with E-state index in [1.54, 1.807) is 14.1 Å². The zero-order chi connectivity index (χ0) is 23.3. The number of fused-ring (bicyclic) bond motifs is 2. The van der Waals surface area contributed by atoms with Crippen molar-refractivity contribution in [1.82, 2.24) is 4.90 Å². The number of allylic oxidation sites excluding steroid dienone is 1. The quantitative estimate of drug-likeness (QED) is 0.505. The lowest BCUT2D eigenvalue weighted by Crippen LogP contribution is -2.83. The predicted molar refractivity (Wildman–Crippen MR) is 116 cm³/mol. The second-order valence-electron chi connectivity index (χ2n) is 11.4. The highest BCUT2D eigenvalue weighted by atomic mass is 16.7. The molecule has 7 heteroatoms. The van der Waals surface area contributed by atoms with Gasteiger partial charge in [0.05, 0.1) is 25.7 Å². The van der Waals surface area contributed by atoms with E-state index >= 15 is 0 Å². The van der Waals surface area contributed by atoms with Gasteiger partial charge in [0.15, 0.2) is 5.78 Å². The summed E-state index contributed by atoms with van der Waals surface area (Å²) in [4.78, 5) is 27.6. The number of rotatable bonds is 4. The fourth-order valence-electron chi connectivity index (χ4n) is 8.14. The Balaban J connectivity index is 1.67. The number of hydrogen-bond donors (Lipinski definition) is 2. The fourth-order valence-corrected chi connectivity index (χ4v) is 8.14. The van der Waals surface area contributed by atoms with Gasteiger partial charge in [0.1, 0.15) is 11.5 Å². The average molecular weight is 446 g/mol. The van der Waals surface area contributed by atoms with Gasteiger partial charge in [-0.05, 0) is 36.2 Å². The lowest BCUT2D eigenvalue weighted by atomic mass is 9.37. The molecule has 176 valence electrons. The van der Waals surface area contributed by atoms with Gasteiger partial charge in [-0.15, -0.1) is 0 Å². The summed E-state index contributed by atoms with van der Waals surface area (Å²) in [5.41, 5.74) is -1.81. The number of nitrogens with zero attached hydrogens (tertiary/aromatic N) is 1. The number of carbonyl (C=O) groups excluding carboxylic acids is 2. The van der Waals surface area contributed by atoms with E-state index in [1.807, 2.05) is 0 Å². The van der Waals surface area contributed by atoms with E-state index in [2.05, 4.69) is 32.6 Å². The second kappa shape index (κ2) is 6.75. The lowest BCUT2D eigenvalue weighted by molar-refractivity contribution is -0.447. The minimum Gasteiger partial charge on any atom is -0.391 e. The summed E-state index contributed by atoms with van der Waals surface area (Å²) in [6.45, 7) is 8.63. The van der Waals surface area contributed by atoms with Crippen LogP contribution in [-0.4, -0.2) is 72.1 Å². The molecule has 0 aromatic carbocycles. The van der Waals surface area contributed by atoms with Crippen molar-refractivity contribution in [1.29, 1.82) is 0 Å². The molecule has 4 bridgehead atoms. The molecule has 8 atom stereocenters. The SMILES string of the molecule is C=C1C(=O)[C@]23[C@H](O)[C@H]1CC[C@H]2[C@]12C=CCC(C)(C)[C@H]1[C@H](O)[C@@]3(OCCC(=O)N(C)C)OC2. The highest BCUT2D eigenvalue weighted by Crippen LogP contribution is 2.76. The highest BCUT2D eigenvalue weighted by molar-refractivity contribution is 6.05. The van der Waals surface area contributed by atoms with Crippen molar-refractivity contribution < 1.29 is 29.3 Å². The molecule has 5 fully saturated rings. The summed E-state index contributed by atoms with van der Waals surface area (Å²) in [7, 11) is 3.35. The van der Waals surface area contributed by atoms with Gasteiger partial charge in [0.2, 0.25) is 11.7 Å². The van der Waals surface area contributed by atoms with Crippen LogP contribution in [0.4, 0.5) is 0 Å². The zero-order valence-electron chi connectivity index (χ0n) is 19.5. The molecule has 0 radical (unpaired) electrons. The van der Waals surface area contributed by atoms with Crippen LogP contribution in [0.25, 0.3) is 0 Å². The summed E-state index contributed by atoms with van der Waals surface area (Å²) in [6.07, 6.45) is 4.45. The van der Waals surface area contributed by atoms with Crippen LogP contribution < -0.4 is 0 Å². The molecule has 2 aliphatic heterocycles. The van der Waals surface area contributed by atoms with Gasteiger partial charge in [-0.25, -0.2) is 0 Å². The third kappa shape index (κ3) is 2.31. The molecule has 4 aliphatic carbocycles. The monoisotopic (exact) mass is 445 g/mol. The van der Waals surface area contributed by atoms with Crippen molar-refractivity contribution in [2.24, 2.45) is 34.0 Å². The average Bonchev–Trinajstić information content (AvgIpc) is 2.83. The molecule has 0 unspecified atom stereocenters. The predicted octanol–water partition coefficient (Wildman–Crippen LogP) is 1.68. The first-order valence-corrected chi connectivity index (χ1v) is 11.7. The third-order valence-electron chi connectivity index (χ3n) is 9.37. The van der Waals surface area contributed by atoms with Crippen LogP contribution in [0.5, 0.6) is 0 Å². The smallest absolute Gasteiger partial charge is 0.224 e. The molecule has 2 saturated heterocycles. The van der Waals surface area contributed by atoms with E-state index in [9.17, 15) is 19.8 Å². The number of aliphatic hydroxyl groups is 2. The Morgan fingerprint density at radius 1 is 1.28 bits per heavy atom. The van der Waals surface area contributed by atoms with Gasteiger partial charge in [-0.3, -0.25) is 9.59 Å². The lowest BCUT2D eigenvalue weighted by Gasteiger charge is -2.73. The van der Waals surface area contributed by atoms with Crippen LogP contribution in [0.15, 0.2) is 24.3 Å². The van der Waals surface area contributed by atoms with Gasteiger partial charge < -0.3 is 24.6 Å². The maximum atomic E-state index is 13.9. The number of aliphatic hydroxyl groups excluding tert-OH is 2. The Hall–Kier alpha value is -1.54. The summed E-state index contributed by atoms with van der Waals surface area (Å²) >= 11 is 0. The Morgan fingerprint density at radius 3 is 2.69 bits per heavy atom. The summed E-state index contributed by atoms with van der Waals surface area (Å²) in [5.74, 6) is -2.84. The zero-order valence-corrected chi connectivity index (χ0v) is 19.5. The van der Waals surface area contributed by atoms with Crippen LogP contribution in [-0.2, 0) is 19.1 Å². The molecule has 1 amide bonds. The first kappa shape index (κ1) is 22.3. The topological polar surface area (TPSA) is 96.3 Å². The minimum absolute atomic E-state index is 0.00429. The van der Waals surface area contributed by atoms with Crippen molar-refractivity contribution >= 4 is 11.7 Å². The van der Waals surface area contributed by atoms with E-state index in [0.717, 1.165) is 12.8 Å². The van der Waals surface area contributed by atoms with Crippen LogP contribution in [0.1, 0.15) is 39.5 Å². The Kier molecular flexibility index (Phi) is 4.70. The van der Waals surface area contributed by atoms with Gasteiger partial charge in [-0.1, -0.05) is 32.6 Å². The number of Topliss-reactive ketones (excluding diaryl/α,β-unsaturated/α-hetero) is 1. The number of hydrogen-bond acceptors (Lipinski definition) is 6. The van der Waals surface area contributed by atoms with Crippen molar-refractivity contribution in [3.8, 4) is 0 Å². The van der Waals surface area contributed by atoms with Gasteiger partial charge in [-0.2, -0.15) is 0 Å². The molecule has 2 heterocycles. The highest BCUT2D eigenvalue weighted by Gasteiger charge is 2.86. The molecule has 0 aromatic rings. The van der Waals surface area contributed by atoms with E-state index in [4.69, 9.17) is 9.47 Å². The maximum Gasteiger partial charge on any atom is 0.224 e. The standard InChI is InChI=1S/C25H35NO6/c1-14-15-7-8-16-23-11-6-10-22(2,3)18(23)21(30)25(32-13-23,24(16,19(14)28)20(15)29)31-12-9-17(27)26(4)5/h6,11,15-16,18,20-21,29-30H,1,7-10,12-13H2,2-5H3/t15-,16-,18+,20+,21-,23+,24-,25+/m0/s1. The molecular formula is C25H35NO6. The molecule has 2 N–H and O–H groups in total. The first-order valence-electron chi connectivity index (χ1n) is 11.7. The number of amides is 1.